The van der Waals surface area contributed by atoms with Crippen molar-refractivity contribution in [2.45, 2.75) is 51.1 Å². The van der Waals surface area contributed by atoms with Gasteiger partial charge in [-0.3, -0.25) is 0 Å². The average molecular weight is 410 g/mol. The maximum absolute atomic E-state index is 11.3. The van der Waals surface area contributed by atoms with Crippen molar-refractivity contribution < 1.29 is 4.79 Å². The lowest BCUT2D eigenvalue weighted by Crippen LogP contribution is -2.48. The Morgan fingerprint density at radius 3 is 3.03 bits per heavy atom. The van der Waals surface area contributed by atoms with Crippen molar-refractivity contribution in [2.75, 3.05) is 18.4 Å². The number of nitrogens with one attached hydrogen (secondary N) is 3. The Hall–Kier alpha value is -2.41. The van der Waals surface area contributed by atoms with E-state index < -0.39 is 0 Å². The minimum Gasteiger partial charge on any atom is -0.369 e. The van der Waals surface area contributed by atoms with Gasteiger partial charge < -0.3 is 25.3 Å². The van der Waals surface area contributed by atoms with E-state index >= 15 is 0 Å². The summed E-state index contributed by atoms with van der Waals surface area (Å²) in [4.78, 5) is 21.7. The number of nitrogens with zero attached hydrogens (tertiary/aromatic N) is 2. The summed E-state index contributed by atoms with van der Waals surface area (Å²) in [5.41, 5.74) is 3.32. The van der Waals surface area contributed by atoms with Crippen molar-refractivity contribution in [3.63, 3.8) is 0 Å². The number of aldehydes is 1. The lowest BCUT2D eigenvalue weighted by molar-refractivity contribution is -0.111. The Morgan fingerprint density at radius 1 is 1.45 bits per heavy atom. The quantitative estimate of drug-likeness (QED) is 0.501. The Morgan fingerprint density at radius 2 is 2.31 bits per heavy atom. The molecular formula is C22H27N5OS. The second kappa shape index (κ2) is 7.13. The highest BCUT2D eigenvalue weighted by molar-refractivity contribution is 7.80. The molecule has 0 amide bonds. The molecule has 2 aromatic heterocycles. The van der Waals surface area contributed by atoms with E-state index in [4.69, 9.17) is 17.2 Å². The van der Waals surface area contributed by atoms with E-state index in [9.17, 15) is 4.79 Å². The van der Waals surface area contributed by atoms with E-state index in [1.807, 2.05) is 6.20 Å². The van der Waals surface area contributed by atoms with Crippen molar-refractivity contribution in [2.24, 2.45) is 5.41 Å². The number of fused-ring (bicyclic) bond motifs is 3. The van der Waals surface area contributed by atoms with Gasteiger partial charge in [0, 0.05) is 36.1 Å². The first-order valence-electron chi connectivity index (χ1n) is 10.6. The average Bonchev–Trinajstić information content (AvgIpc) is 3.27. The first kappa shape index (κ1) is 18.6. The Kier molecular flexibility index (Phi) is 4.57. The van der Waals surface area contributed by atoms with Crippen molar-refractivity contribution in [1.29, 1.82) is 0 Å². The van der Waals surface area contributed by atoms with Crippen molar-refractivity contribution in [1.82, 2.24) is 20.2 Å². The molecule has 1 aliphatic carbocycles. The second-order valence-corrected chi connectivity index (χ2v) is 8.95. The Balaban J connectivity index is 1.45. The molecule has 7 heteroatoms. The normalized spacial score (nSPS) is 24.3. The lowest BCUT2D eigenvalue weighted by Gasteiger charge is -2.36. The standard InChI is InChI=1S/C22H27N5OS/c1-2-23-21(29)27-15-3-4-16(27)10-14(9-15)18-11-19(25-12-22(13-28)6-7-22)26-20-17(18)5-8-24-20/h5,8-9,11,13,15-16H,2-4,6-7,10,12H2,1H3,(H,23,29)(H2,24,25,26). The molecule has 3 aliphatic rings. The zero-order valence-electron chi connectivity index (χ0n) is 16.7. The molecule has 0 spiro atoms. The van der Waals surface area contributed by atoms with Gasteiger partial charge in [0.05, 0.1) is 6.04 Å². The van der Waals surface area contributed by atoms with Gasteiger partial charge in [-0.1, -0.05) is 6.08 Å². The van der Waals surface area contributed by atoms with Gasteiger partial charge in [-0.05, 0) is 74.5 Å². The predicted octanol–water partition coefficient (Wildman–Crippen LogP) is 3.47. The second-order valence-electron chi connectivity index (χ2n) is 8.57. The van der Waals surface area contributed by atoms with E-state index in [0.29, 0.717) is 18.6 Å². The molecule has 1 saturated heterocycles. The Labute approximate surface area is 176 Å². The summed E-state index contributed by atoms with van der Waals surface area (Å²) in [6.45, 7) is 3.60. The zero-order valence-corrected chi connectivity index (χ0v) is 17.5. The van der Waals surface area contributed by atoms with Crippen LogP contribution in [0.25, 0.3) is 16.6 Å². The summed E-state index contributed by atoms with van der Waals surface area (Å²) in [5, 5.41) is 8.76. The number of carbonyl (C=O) groups excluding carboxylic acids is 1. The summed E-state index contributed by atoms with van der Waals surface area (Å²) in [6.07, 6.45) is 10.7. The minimum absolute atomic E-state index is 0.182. The third kappa shape index (κ3) is 3.31. The third-order valence-corrected chi connectivity index (χ3v) is 6.95. The highest BCUT2D eigenvalue weighted by atomic mass is 32.1. The number of anilines is 1. The molecule has 2 bridgehead atoms. The molecule has 2 aromatic rings. The van der Waals surface area contributed by atoms with Crippen LogP contribution in [0, 0.1) is 5.41 Å². The number of hydrogen-bond acceptors (Lipinski definition) is 4. The number of aromatic amines is 1. The third-order valence-electron chi connectivity index (χ3n) is 6.60. The number of carbonyl (C=O) groups is 1. The Bertz CT molecular complexity index is 992. The largest absolute Gasteiger partial charge is 0.369 e. The van der Waals surface area contributed by atoms with Crippen LogP contribution in [0.2, 0.25) is 0 Å². The summed E-state index contributed by atoms with van der Waals surface area (Å²) in [6, 6.07) is 5.07. The molecule has 2 atom stereocenters. The van der Waals surface area contributed by atoms with E-state index in [1.165, 1.54) is 17.6 Å². The highest BCUT2D eigenvalue weighted by Crippen LogP contribution is 2.44. The molecular weight excluding hydrogens is 382 g/mol. The van der Waals surface area contributed by atoms with Crippen molar-refractivity contribution in [3.05, 3.63) is 30.0 Å². The van der Waals surface area contributed by atoms with Gasteiger partial charge in [-0.25, -0.2) is 4.98 Å². The number of hydrogen-bond donors (Lipinski definition) is 3. The fraction of sp³-hybridized carbons (Fsp3) is 0.500. The fourth-order valence-corrected chi connectivity index (χ4v) is 5.18. The zero-order chi connectivity index (χ0) is 20.0. The van der Waals surface area contributed by atoms with Crippen LogP contribution in [0.3, 0.4) is 0 Å². The molecule has 1 saturated carbocycles. The molecule has 2 unspecified atom stereocenters. The summed E-state index contributed by atoms with van der Waals surface area (Å²) in [5.74, 6) is 0.835. The van der Waals surface area contributed by atoms with Gasteiger partial charge in [0.25, 0.3) is 0 Å². The van der Waals surface area contributed by atoms with Crippen LogP contribution in [0.5, 0.6) is 0 Å². The van der Waals surface area contributed by atoms with Crippen LogP contribution in [-0.2, 0) is 4.79 Å². The van der Waals surface area contributed by atoms with Gasteiger partial charge in [0.15, 0.2) is 5.11 Å². The number of pyridine rings is 1. The van der Waals surface area contributed by atoms with Crippen LogP contribution < -0.4 is 10.6 Å². The van der Waals surface area contributed by atoms with E-state index in [2.05, 4.69) is 45.6 Å². The fourth-order valence-electron chi connectivity index (χ4n) is 4.75. The molecule has 5 rings (SSSR count). The van der Waals surface area contributed by atoms with Crippen LogP contribution >= 0.6 is 12.2 Å². The minimum atomic E-state index is -0.182. The van der Waals surface area contributed by atoms with Gasteiger partial charge in [-0.2, -0.15) is 0 Å². The SMILES string of the molecule is CCNC(=S)N1C2C=C(c3cc(NCC4(C=O)CC4)nc4[nH]ccc34)CC1CC2. The maximum Gasteiger partial charge on any atom is 0.169 e. The first-order valence-corrected chi connectivity index (χ1v) is 11.0. The van der Waals surface area contributed by atoms with Crippen LogP contribution in [0.4, 0.5) is 5.82 Å². The number of aromatic nitrogens is 2. The summed E-state index contributed by atoms with van der Waals surface area (Å²) >= 11 is 5.63. The molecule has 29 heavy (non-hydrogen) atoms. The first-order chi connectivity index (χ1) is 14.1. The van der Waals surface area contributed by atoms with Crippen molar-refractivity contribution >= 4 is 46.0 Å². The predicted molar refractivity (Wildman–Crippen MR) is 120 cm³/mol. The van der Waals surface area contributed by atoms with E-state index in [0.717, 1.165) is 60.5 Å². The molecule has 3 N–H and O–H groups in total. The molecule has 0 radical (unpaired) electrons. The van der Waals surface area contributed by atoms with Crippen LogP contribution in [0.15, 0.2) is 24.4 Å². The topological polar surface area (TPSA) is 73.0 Å². The molecule has 0 aromatic carbocycles. The monoisotopic (exact) mass is 409 g/mol. The smallest absolute Gasteiger partial charge is 0.169 e. The van der Waals surface area contributed by atoms with Gasteiger partial charge >= 0.3 is 0 Å². The number of rotatable bonds is 6. The molecule has 2 aliphatic heterocycles. The van der Waals surface area contributed by atoms with E-state index in [-0.39, 0.29) is 5.41 Å². The number of H-pyrrole nitrogens is 1. The number of thiocarbonyl (C=S) groups is 1. The van der Waals surface area contributed by atoms with Gasteiger partial charge in [0.2, 0.25) is 0 Å². The van der Waals surface area contributed by atoms with Crippen LogP contribution in [-0.4, -0.2) is 51.4 Å². The van der Waals surface area contributed by atoms with Gasteiger partial charge in [-0.15, -0.1) is 0 Å². The van der Waals surface area contributed by atoms with Crippen LogP contribution in [0.1, 0.15) is 44.6 Å². The summed E-state index contributed by atoms with van der Waals surface area (Å²) < 4.78 is 0. The van der Waals surface area contributed by atoms with Crippen molar-refractivity contribution in [3.8, 4) is 0 Å². The highest BCUT2D eigenvalue weighted by Gasteiger charge is 2.42. The molecule has 152 valence electrons. The molecule has 6 nitrogen and oxygen atoms in total. The maximum atomic E-state index is 11.3. The van der Waals surface area contributed by atoms with E-state index in [1.54, 1.807) is 0 Å². The lowest BCUT2D eigenvalue weighted by atomic mass is 9.93. The molecule has 2 fully saturated rings. The summed E-state index contributed by atoms with van der Waals surface area (Å²) in [7, 11) is 0. The van der Waals surface area contributed by atoms with Gasteiger partial charge in [0.1, 0.15) is 17.8 Å². The molecule has 4 heterocycles.